The standard InChI is InChI=1S/C24H26N4O3S2/c1-4-33(30,31)20-8-5-7-19(15-20)23(29)28(13-6-12-27-14-11-25-16-27)24-26-22-18(3)17(2)9-10-21(22)32-24/h5,7-11,14-16H,4,6,12-13H2,1-3H3. The van der Waals surface area contributed by atoms with Crippen molar-refractivity contribution in [3.8, 4) is 0 Å². The number of thiazole rings is 1. The zero-order valence-corrected chi connectivity index (χ0v) is 20.5. The van der Waals surface area contributed by atoms with Gasteiger partial charge in [-0.2, -0.15) is 0 Å². The summed E-state index contributed by atoms with van der Waals surface area (Å²) in [6.45, 7) is 6.82. The van der Waals surface area contributed by atoms with E-state index in [1.165, 1.54) is 23.5 Å². The molecule has 172 valence electrons. The number of aromatic nitrogens is 3. The summed E-state index contributed by atoms with van der Waals surface area (Å²) in [7, 11) is -3.42. The van der Waals surface area contributed by atoms with E-state index in [-0.39, 0.29) is 16.6 Å². The summed E-state index contributed by atoms with van der Waals surface area (Å²) in [5.41, 5.74) is 3.47. The predicted molar refractivity (Wildman–Crippen MR) is 132 cm³/mol. The summed E-state index contributed by atoms with van der Waals surface area (Å²) in [5, 5.41) is 0.609. The number of hydrogen-bond acceptors (Lipinski definition) is 6. The molecule has 4 rings (SSSR count). The largest absolute Gasteiger partial charge is 0.337 e. The number of carbonyl (C=O) groups excluding carboxylic acids is 1. The molecular formula is C24H26N4O3S2. The monoisotopic (exact) mass is 482 g/mol. The number of hydrogen-bond donors (Lipinski definition) is 0. The molecule has 0 aliphatic rings. The lowest BCUT2D eigenvalue weighted by atomic mass is 10.1. The number of sulfone groups is 1. The number of fused-ring (bicyclic) bond motifs is 1. The summed E-state index contributed by atoms with van der Waals surface area (Å²) < 4.78 is 27.7. The van der Waals surface area contributed by atoms with Gasteiger partial charge in [0.25, 0.3) is 5.91 Å². The number of anilines is 1. The maximum atomic E-state index is 13.6. The Kier molecular flexibility index (Phi) is 6.62. The van der Waals surface area contributed by atoms with Crippen molar-refractivity contribution < 1.29 is 13.2 Å². The van der Waals surface area contributed by atoms with Gasteiger partial charge in [0.05, 0.1) is 27.2 Å². The second kappa shape index (κ2) is 9.44. The fourth-order valence-corrected chi connectivity index (χ4v) is 5.56. The Morgan fingerprint density at radius 2 is 2.00 bits per heavy atom. The van der Waals surface area contributed by atoms with E-state index >= 15 is 0 Å². The van der Waals surface area contributed by atoms with Crippen molar-refractivity contribution in [2.75, 3.05) is 17.2 Å². The highest BCUT2D eigenvalue weighted by Crippen LogP contribution is 2.33. The van der Waals surface area contributed by atoms with Crippen molar-refractivity contribution in [2.45, 2.75) is 38.6 Å². The molecule has 0 bridgehead atoms. The van der Waals surface area contributed by atoms with Gasteiger partial charge in [-0.25, -0.2) is 18.4 Å². The van der Waals surface area contributed by atoms with E-state index in [1.807, 2.05) is 30.7 Å². The predicted octanol–water partition coefficient (Wildman–Crippen LogP) is 4.64. The molecule has 0 fully saturated rings. The molecule has 0 atom stereocenters. The second-order valence-electron chi connectivity index (χ2n) is 7.89. The lowest BCUT2D eigenvalue weighted by Gasteiger charge is -2.20. The molecule has 0 aliphatic carbocycles. The average molecular weight is 483 g/mol. The molecule has 1 amide bonds. The van der Waals surface area contributed by atoms with Gasteiger partial charge in [0.1, 0.15) is 0 Å². The van der Waals surface area contributed by atoms with Gasteiger partial charge in [-0.3, -0.25) is 9.69 Å². The third-order valence-electron chi connectivity index (χ3n) is 5.73. The van der Waals surface area contributed by atoms with E-state index in [1.54, 1.807) is 36.5 Å². The van der Waals surface area contributed by atoms with E-state index in [4.69, 9.17) is 4.98 Å². The molecule has 0 spiro atoms. The number of benzene rings is 2. The molecule has 7 nitrogen and oxygen atoms in total. The molecule has 0 N–H and O–H groups in total. The highest BCUT2D eigenvalue weighted by molar-refractivity contribution is 7.91. The molecule has 2 heterocycles. The van der Waals surface area contributed by atoms with Crippen LogP contribution in [-0.4, -0.2) is 41.2 Å². The van der Waals surface area contributed by atoms with Gasteiger partial charge in [-0.1, -0.05) is 30.4 Å². The van der Waals surface area contributed by atoms with Crippen molar-refractivity contribution in [3.05, 3.63) is 71.8 Å². The minimum atomic E-state index is -3.42. The number of imidazole rings is 1. The van der Waals surface area contributed by atoms with Crippen molar-refractivity contribution in [2.24, 2.45) is 0 Å². The zero-order valence-electron chi connectivity index (χ0n) is 18.9. The minimum Gasteiger partial charge on any atom is -0.337 e. The maximum absolute atomic E-state index is 13.6. The molecule has 0 saturated carbocycles. The third-order valence-corrected chi connectivity index (χ3v) is 8.50. The fraction of sp³-hybridized carbons (Fsp3) is 0.292. The smallest absolute Gasteiger partial charge is 0.260 e. The number of aryl methyl sites for hydroxylation is 3. The van der Waals surface area contributed by atoms with E-state index < -0.39 is 9.84 Å². The lowest BCUT2D eigenvalue weighted by molar-refractivity contribution is 0.0986. The topological polar surface area (TPSA) is 85.2 Å². The Hall–Kier alpha value is -3.04. The van der Waals surface area contributed by atoms with Crippen molar-refractivity contribution in [3.63, 3.8) is 0 Å². The van der Waals surface area contributed by atoms with Crippen LogP contribution in [0.3, 0.4) is 0 Å². The Labute approximate surface area is 197 Å². The Morgan fingerprint density at radius 3 is 2.73 bits per heavy atom. The van der Waals surface area contributed by atoms with Crippen molar-refractivity contribution >= 4 is 42.4 Å². The molecule has 33 heavy (non-hydrogen) atoms. The van der Waals surface area contributed by atoms with Crippen LogP contribution in [0, 0.1) is 13.8 Å². The molecule has 0 unspecified atom stereocenters. The number of nitrogens with zero attached hydrogens (tertiary/aromatic N) is 4. The van der Waals surface area contributed by atoms with Gasteiger partial charge >= 0.3 is 0 Å². The van der Waals surface area contributed by atoms with Crippen LogP contribution in [0.2, 0.25) is 0 Å². The van der Waals surface area contributed by atoms with Gasteiger partial charge in [0.2, 0.25) is 0 Å². The van der Waals surface area contributed by atoms with Crippen molar-refractivity contribution in [1.29, 1.82) is 0 Å². The number of rotatable bonds is 8. The molecule has 2 aromatic heterocycles. The van der Waals surface area contributed by atoms with Crippen LogP contribution in [0.15, 0.2) is 60.0 Å². The maximum Gasteiger partial charge on any atom is 0.260 e. The summed E-state index contributed by atoms with van der Waals surface area (Å²) >= 11 is 1.47. The Bertz CT molecular complexity index is 1390. The molecular weight excluding hydrogens is 456 g/mol. The molecule has 0 saturated heterocycles. The molecule has 0 aliphatic heterocycles. The van der Waals surface area contributed by atoms with E-state index in [0.717, 1.165) is 21.3 Å². The molecule has 4 aromatic rings. The molecule has 0 radical (unpaired) electrons. The van der Waals surface area contributed by atoms with Crippen LogP contribution >= 0.6 is 11.3 Å². The Balaban J connectivity index is 1.70. The highest BCUT2D eigenvalue weighted by atomic mass is 32.2. The Morgan fingerprint density at radius 1 is 1.18 bits per heavy atom. The minimum absolute atomic E-state index is 0.0181. The van der Waals surface area contributed by atoms with Gasteiger partial charge in [-0.05, 0) is 55.7 Å². The van der Waals surface area contributed by atoms with Gasteiger partial charge < -0.3 is 4.57 Å². The number of amides is 1. The highest BCUT2D eigenvalue weighted by Gasteiger charge is 2.23. The molecule has 2 aromatic carbocycles. The summed E-state index contributed by atoms with van der Waals surface area (Å²) in [5.74, 6) is -0.280. The van der Waals surface area contributed by atoms with Crippen LogP contribution in [0.4, 0.5) is 5.13 Å². The van der Waals surface area contributed by atoms with E-state index in [2.05, 4.69) is 11.1 Å². The summed E-state index contributed by atoms with van der Waals surface area (Å²) in [6.07, 6.45) is 6.05. The van der Waals surface area contributed by atoms with Crippen molar-refractivity contribution in [1.82, 2.24) is 14.5 Å². The van der Waals surface area contributed by atoms with Crippen LogP contribution < -0.4 is 4.90 Å². The first-order valence-corrected chi connectivity index (χ1v) is 13.2. The summed E-state index contributed by atoms with van der Waals surface area (Å²) in [4.78, 5) is 24.3. The van der Waals surface area contributed by atoms with Crippen LogP contribution in [0.5, 0.6) is 0 Å². The van der Waals surface area contributed by atoms with Gasteiger partial charge in [-0.15, -0.1) is 0 Å². The zero-order chi connectivity index (χ0) is 23.6. The van der Waals surface area contributed by atoms with E-state index in [9.17, 15) is 13.2 Å². The van der Waals surface area contributed by atoms with Gasteiger partial charge in [0, 0.05) is 31.0 Å². The summed E-state index contributed by atoms with van der Waals surface area (Å²) in [6, 6.07) is 10.4. The first kappa shape index (κ1) is 23.1. The van der Waals surface area contributed by atoms with Crippen LogP contribution in [-0.2, 0) is 16.4 Å². The molecule has 9 heteroatoms. The number of carbonyl (C=O) groups is 1. The fourth-order valence-electron chi connectivity index (χ4n) is 3.59. The second-order valence-corrected chi connectivity index (χ2v) is 11.2. The SMILES string of the molecule is CCS(=O)(=O)c1cccc(C(=O)N(CCCn2ccnc2)c2nc3c(C)c(C)ccc3s2)c1. The average Bonchev–Trinajstić information content (AvgIpc) is 3.49. The third kappa shape index (κ3) is 4.84. The van der Waals surface area contributed by atoms with Crippen LogP contribution in [0.1, 0.15) is 34.8 Å². The first-order chi connectivity index (χ1) is 15.8. The van der Waals surface area contributed by atoms with E-state index in [0.29, 0.717) is 30.2 Å². The quantitative estimate of drug-likeness (QED) is 0.365. The normalized spacial score (nSPS) is 11.7. The first-order valence-electron chi connectivity index (χ1n) is 10.8. The van der Waals surface area contributed by atoms with Gasteiger partial charge in [0.15, 0.2) is 15.0 Å². The lowest BCUT2D eigenvalue weighted by Crippen LogP contribution is -2.32. The van der Waals surface area contributed by atoms with Crippen LogP contribution in [0.25, 0.3) is 10.2 Å².